The molecule has 1 aliphatic rings. The Morgan fingerprint density at radius 2 is 2.50 bits per heavy atom. The molecule has 1 N–H and O–H groups in total. The summed E-state index contributed by atoms with van der Waals surface area (Å²) in [5, 5.41) is 12.4. The van der Waals surface area contributed by atoms with Gasteiger partial charge in [-0.1, -0.05) is 5.16 Å². The highest BCUT2D eigenvalue weighted by molar-refractivity contribution is 5.20. The smallest absolute Gasteiger partial charge is 0.145 e. The minimum Gasteiger partial charge on any atom is -0.391 e. The third-order valence-electron chi connectivity index (χ3n) is 1.79. The van der Waals surface area contributed by atoms with Gasteiger partial charge in [0, 0.05) is 11.5 Å². The fraction of sp³-hybridized carbons (Fsp3) is 0.571. The van der Waals surface area contributed by atoms with Crippen molar-refractivity contribution in [3.8, 4) is 0 Å². The van der Waals surface area contributed by atoms with Crippen LogP contribution in [0.5, 0.6) is 0 Å². The summed E-state index contributed by atoms with van der Waals surface area (Å²) in [5.41, 5.74) is 0.850. The topological polar surface area (TPSA) is 46.3 Å². The van der Waals surface area contributed by atoms with Crippen molar-refractivity contribution in [1.82, 2.24) is 5.16 Å². The summed E-state index contributed by atoms with van der Waals surface area (Å²) in [6, 6.07) is 0. The van der Waals surface area contributed by atoms with Crippen LogP contribution in [0.3, 0.4) is 0 Å². The Kier molecular flexibility index (Phi) is 1.24. The molecular formula is C7H9NO2. The Labute approximate surface area is 58.6 Å². The Hall–Kier alpha value is -0.830. The van der Waals surface area contributed by atoms with E-state index in [0.717, 1.165) is 11.3 Å². The van der Waals surface area contributed by atoms with Gasteiger partial charge in [0.1, 0.15) is 5.76 Å². The van der Waals surface area contributed by atoms with Gasteiger partial charge in [-0.25, -0.2) is 0 Å². The Bertz CT molecular complexity index is 227. The average molecular weight is 139 g/mol. The minimum atomic E-state index is 0.0509. The summed E-state index contributed by atoms with van der Waals surface area (Å²) in [4.78, 5) is 0. The first-order valence-corrected chi connectivity index (χ1v) is 3.46. The lowest BCUT2D eigenvalue weighted by atomic mass is 10.2. The van der Waals surface area contributed by atoms with E-state index in [1.807, 2.05) is 0 Å². The van der Waals surface area contributed by atoms with Crippen molar-refractivity contribution in [3.05, 3.63) is 17.5 Å². The first-order chi connectivity index (χ1) is 4.92. The number of aliphatic hydroxyl groups excluding tert-OH is 1. The van der Waals surface area contributed by atoms with Crippen molar-refractivity contribution in [2.24, 2.45) is 0 Å². The number of rotatable bonds is 2. The SMILES string of the molecule is OCc1cnoc1C1CC1. The van der Waals surface area contributed by atoms with E-state index < -0.39 is 0 Å². The van der Waals surface area contributed by atoms with Crippen LogP contribution in [-0.4, -0.2) is 10.3 Å². The molecule has 1 aromatic rings. The lowest BCUT2D eigenvalue weighted by Gasteiger charge is -1.90. The molecule has 1 heterocycles. The van der Waals surface area contributed by atoms with Crippen molar-refractivity contribution < 1.29 is 9.63 Å². The minimum absolute atomic E-state index is 0.0509. The second-order valence-electron chi connectivity index (χ2n) is 2.65. The van der Waals surface area contributed by atoms with E-state index in [4.69, 9.17) is 9.63 Å². The molecule has 3 heteroatoms. The quantitative estimate of drug-likeness (QED) is 0.666. The van der Waals surface area contributed by atoms with Crippen LogP contribution in [0.15, 0.2) is 10.7 Å². The van der Waals surface area contributed by atoms with Crippen LogP contribution in [0, 0.1) is 0 Å². The van der Waals surface area contributed by atoms with Crippen molar-refractivity contribution in [2.75, 3.05) is 0 Å². The van der Waals surface area contributed by atoms with Crippen LogP contribution in [-0.2, 0) is 6.61 Å². The van der Waals surface area contributed by atoms with Gasteiger partial charge in [0.15, 0.2) is 0 Å². The van der Waals surface area contributed by atoms with E-state index in [0.29, 0.717) is 5.92 Å². The monoisotopic (exact) mass is 139 g/mol. The Morgan fingerprint density at radius 3 is 3.10 bits per heavy atom. The predicted octanol–water partition coefficient (Wildman–Crippen LogP) is 1.04. The lowest BCUT2D eigenvalue weighted by Crippen LogP contribution is -1.84. The van der Waals surface area contributed by atoms with Gasteiger partial charge in [-0.15, -0.1) is 0 Å². The summed E-state index contributed by atoms with van der Waals surface area (Å²) >= 11 is 0. The van der Waals surface area contributed by atoms with Gasteiger partial charge in [-0.2, -0.15) is 0 Å². The first-order valence-electron chi connectivity index (χ1n) is 3.46. The van der Waals surface area contributed by atoms with Gasteiger partial charge in [0.05, 0.1) is 12.8 Å². The van der Waals surface area contributed by atoms with Crippen molar-refractivity contribution >= 4 is 0 Å². The van der Waals surface area contributed by atoms with Gasteiger partial charge in [0.25, 0.3) is 0 Å². The molecule has 0 unspecified atom stereocenters. The van der Waals surface area contributed by atoms with Crippen LogP contribution < -0.4 is 0 Å². The van der Waals surface area contributed by atoms with Crippen LogP contribution in [0.1, 0.15) is 30.1 Å². The van der Waals surface area contributed by atoms with E-state index in [2.05, 4.69) is 5.16 Å². The van der Waals surface area contributed by atoms with E-state index >= 15 is 0 Å². The predicted molar refractivity (Wildman–Crippen MR) is 34.4 cm³/mol. The second-order valence-corrected chi connectivity index (χ2v) is 2.65. The highest BCUT2D eigenvalue weighted by Gasteiger charge is 2.29. The zero-order valence-corrected chi connectivity index (χ0v) is 5.58. The molecule has 0 atom stereocenters. The van der Waals surface area contributed by atoms with Crippen LogP contribution >= 0.6 is 0 Å². The molecule has 1 saturated carbocycles. The molecule has 0 saturated heterocycles. The third-order valence-corrected chi connectivity index (χ3v) is 1.79. The number of hydrogen-bond acceptors (Lipinski definition) is 3. The van der Waals surface area contributed by atoms with Gasteiger partial charge in [0.2, 0.25) is 0 Å². The van der Waals surface area contributed by atoms with Gasteiger partial charge in [-0.3, -0.25) is 0 Å². The van der Waals surface area contributed by atoms with Crippen molar-refractivity contribution in [2.45, 2.75) is 25.4 Å². The number of aliphatic hydroxyl groups is 1. The maximum Gasteiger partial charge on any atom is 0.145 e. The zero-order chi connectivity index (χ0) is 6.97. The summed E-state index contributed by atoms with van der Waals surface area (Å²) in [7, 11) is 0. The summed E-state index contributed by atoms with van der Waals surface area (Å²) in [5.74, 6) is 1.44. The molecule has 0 radical (unpaired) electrons. The fourth-order valence-corrected chi connectivity index (χ4v) is 1.07. The summed E-state index contributed by atoms with van der Waals surface area (Å²) < 4.78 is 4.97. The molecule has 0 aliphatic heterocycles. The molecule has 0 bridgehead atoms. The van der Waals surface area contributed by atoms with E-state index in [1.165, 1.54) is 12.8 Å². The van der Waals surface area contributed by atoms with Crippen LogP contribution in [0.4, 0.5) is 0 Å². The van der Waals surface area contributed by atoms with Crippen LogP contribution in [0.2, 0.25) is 0 Å². The Morgan fingerprint density at radius 1 is 1.70 bits per heavy atom. The van der Waals surface area contributed by atoms with E-state index in [1.54, 1.807) is 6.20 Å². The van der Waals surface area contributed by atoms with Gasteiger partial charge >= 0.3 is 0 Å². The summed E-state index contributed by atoms with van der Waals surface area (Å²) in [6.07, 6.45) is 3.96. The molecule has 1 fully saturated rings. The normalized spacial score (nSPS) is 17.7. The maximum atomic E-state index is 8.78. The summed E-state index contributed by atoms with van der Waals surface area (Å²) in [6.45, 7) is 0.0509. The van der Waals surface area contributed by atoms with Gasteiger partial charge < -0.3 is 9.63 Å². The van der Waals surface area contributed by atoms with E-state index in [9.17, 15) is 0 Å². The van der Waals surface area contributed by atoms with Crippen molar-refractivity contribution in [1.29, 1.82) is 0 Å². The zero-order valence-electron chi connectivity index (χ0n) is 5.58. The largest absolute Gasteiger partial charge is 0.391 e. The third kappa shape index (κ3) is 0.827. The lowest BCUT2D eigenvalue weighted by molar-refractivity contribution is 0.277. The molecule has 0 spiro atoms. The molecule has 1 aromatic heterocycles. The van der Waals surface area contributed by atoms with Gasteiger partial charge in [-0.05, 0) is 12.8 Å². The van der Waals surface area contributed by atoms with Crippen LogP contribution in [0.25, 0.3) is 0 Å². The first kappa shape index (κ1) is 5.92. The average Bonchev–Trinajstić information content (AvgIpc) is 2.69. The standard InChI is InChI=1S/C7H9NO2/c9-4-6-3-8-10-7(6)5-1-2-5/h3,5,9H,1-2,4H2. The number of hydrogen-bond donors (Lipinski definition) is 1. The van der Waals surface area contributed by atoms with Crippen molar-refractivity contribution in [3.63, 3.8) is 0 Å². The molecule has 54 valence electrons. The molecule has 1 aliphatic carbocycles. The molecule has 0 aromatic carbocycles. The molecule has 3 nitrogen and oxygen atoms in total. The molecule has 0 amide bonds. The highest BCUT2D eigenvalue weighted by atomic mass is 16.5. The maximum absolute atomic E-state index is 8.78. The fourth-order valence-electron chi connectivity index (χ4n) is 1.07. The Balaban J connectivity index is 2.28. The molecule has 2 rings (SSSR count). The molecule has 10 heavy (non-hydrogen) atoms. The van der Waals surface area contributed by atoms with E-state index in [-0.39, 0.29) is 6.61 Å². The highest BCUT2D eigenvalue weighted by Crippen LogP contribution is 2.41. The number of aromatic nitrogens is 1. The molecular weight excluding hydrogens is 130 g/mol. The second kappa shape index (κ2) is 2.09. The number of nitrogens with zero attached hydrogens (tertiary/aromatic N) is 1.